The van der Waals surface area contributed by atoms with Crippen molar-refractivity contribution in [3.63, 3.8) is 0 Å². The zero-order valence-electron chi connectivity index (χ0n) is 14.6. The molecule has 0 saturated carbocycles. The lowest BCUT2D eigenvalue weighted by atomic mass is 9.84. The average Bonchev–Trinajstić information content (AvgIpc) is 3.01. The van der Waals surface area contributed by atoms with Crippen molar-refractivity contribution in [2.75, 3.05) is 19.7 Å². The molecule has 5 heteroatoms. The van der Waals surface area contributed by atoms with Gasteiger partial charge in [0, 0.05) is 18.2 Å². The van der Waals surface area contributed by atoms with Crippen LogP contribution in [-0.2, 0) is 16.1 Å². The third-order valence-corrected chi connectivity index (χ3v) is 5.86. The van der Waals surface area contributed by atoms with Gasteiger partial charge < -0.3 is 10.5 Å². The van der Waals surface area contributed by atoms with Crippen LogP contribution in [0.3, 0.4) is 0 Å². The summed E-state index contributed by atoms with van der Waals surface area (Å²) in [7, 11) is 0. The number of piperidine rings is 1. The minimum Gasteiger partial charge on any atom is -0.377 e. The van der Waals surface area contributed by atoms with Crippen LogP contribution in [0.4, 0.5) is 0 Å². The van der Waals surface area contributed by atoms with Gasteiger partial charge in [-0.2, -0.15) is 0 Å². The first-order chi connectivity index (χ1) is 11.5. The number of rotatable bonds is 4. The number of likely N-dealkylation sites (tertiary alicyclic amines) is 1. The molecular weight excluding hydrogens is 324 g/mol. The molecule has 0 aliphatic carbocycles. The number of ether oxygens (including phenoxy) is 1. The molecule has 3 rings (SSSR count). The van der Waals surface area contributed by atoms with E-state index in [1.807, 2.05) is 12.1 Å². The molecule has 0 bridgehead atoms. The SMILES string of the molecule is Cc1cc(Cl)cc(C)c1CN1CCC([C@H]2OCC[C@@H]2C(N)=O)CC1. The highest BCUT2D eigenvalue weighted by atomic mass is 35.5. The predicted octanol–water partition coefficient (Wildman–Crippen LogP) is 3.06. The minimum atomic E-state index is -0.202. The Hall–Kier alpha value is -1.10. The molecule has 4 nitrogen and oxygen atoms in total. The molecule has 1 amide bonds. The van der Waals surface area contributed by atoms with E-state index in [0.29, 0.717) is 12.5 Å². The van der Waals surface area contributed by atoms with Crippen LogP contribution in [0, 0.1) is 25.7 Å². The third kappa shape index (κ3) is 3.76. The first kappa shape index (κ1) is 17.7. The average molecular weight is 351 g/mol. The van der Waals surface area contributed by atoms with Crippen LogP contribution < -0.4 is 5.73 Å². The summed E-state index contributed by atoms with van der Waals surface area (Å²) in [4.78, 5) is 14.1. The highest BCUT2D eigenvalue weighted by Crippen LogP contribution is 2.33. The van der Waals surface area contributed by atoms with Crippen LogP contribution in [0.25, 0.3) is 0 Å². The van der Waals surface area contributed by atoms with Crippen LogP contribution in [0.15, 0.2) is 12.1 Å². The van der Waals surface area contributed by atoms with Crippen LogP contribution in [0.2, 0.25) is 5.02 Å². The van der Waals surface area contributed by atoms with Gasteiger partial charge in [-0.3, -0.25) is 9.69 Å². The summed E-state index contributed by atoms with van der Waals surface area (Å²) in [5.74, 6) is 0.156. The largest absolute Gasteiger partial charge is 0.377 e. The number of carbonyl (C=O) groups is 1. The number of primary amides is 1. The fraction of sp³-hybridized carbons (Fsp3) is 0.632. The van der Waals surface area contributed by atoms with Gasteiger partial charge in [-0.05, 0) is 80.9 Å². The molecule has 2 heterocycles. The van der Waals surface area contributed by atoms with Crippen molar-refractivity contribution >= 4 is 17.5 Å². The second-order valence-electron chi connectivity index (χ2n) is 7.26. The molecule has 2 aliphatic rings. The fourth-order valence-electron chi connectivity index (χ4n) is 4.23. The maximum absolute atomic E-state index is 11.6. The monoisotopic (exact) mass is 350 g/mol. The summed E-state index contributed by atoms with van der Waals surface area (Å²) in [6.07, 6.45) is 2.95. The van der Waals surface area contributed by atoms with Gasteiger partial charge in [-0.15, -0.1) is 0 Å². The number of aryl methyl sites for hydroxylation is 2. The van der Waals surface area contributed by atoms with Crippen LogP contribution in [0.5, 0.6) is 0 Å². The van der Waals surface area contributed by atoms with Gasteiger partial charge in [0.2, 0.25) is 5.91 Å². The van der Waals surface area contributed by atoms with Gasteiger partial charge in [-0.1, -0.05) is 11.6 Å². The van der Waals surface area contributed by atoms with E-state index in [0.717, 1.165) is 43.9 Å². The molecule has 0 aromatic heterocycles. The first-order valence-corrected chi connectivity index (χ1v) is 9.22. The minimum absolute atomic E-state index is 0.0312. The Labute approximate surface area is 149 Å². The van der Waals surface area contributed by atoms with Gasteiger partial charge in [0.25, 0.3) is 0 Å². The lowest BCUT2D eigenvalue weighted by molar-refractivity contribution is -0.124. The molecule has 2 atom stereocenters. The topological polar surface area (TPSA) is 55.6 Å². The second-order valence-corrected chi connectivity index (χ2v) is 7.70. The van der Waals surface area contributed by atoms with Crippen molar-refractivity contribution in [1.82, 2.24) is 4.90 Å². The molecule has 132 valence electrons. The Balaban J connectivity index is 1.59. The molecule has 2 fully saturated rings. The lowest BCUT2D eigenvalue weighted by Crippen LogP contribution is -2.42. The number of halogens is 1. The number of benzene rings is 1. The summed E-state index contributed by atoms with van der Waals surface area (Å²) in [6.45, 7) is 7.97. The molecule has 2 N–H and O–H groups in total. The number of hydrogen-bond acceptors (Lipinski definition) is 3. The van der Waals surface area contributed by atoms with E-state index in [2.05, 4.69) is 18.7 Å². The highest BCUT2D eigenvalue weighted by molar-refractivity contribution is 6.30. The number of nitrogens with zero attached hydrogens (tertiary/aromatic N) is 1. The zero-order valence-corrected chi connectivity index (χ0v) is 15.3. The smallest absolute Gasteiger partial charge is 0.223 e. The molecule has 0 unspecified atom stereocenters. The van der Waals surface area contributed by atoms with E-state index in [1.54, 1.807) is 0 Å². The van der Waals surface area contributed by atoms with Crippen molar-refractivity contribution in [2.24, 2.45) is 17.6 Å². The summed E-state index contributed by atoms with van der Waals surface area (Å²) >= 11 is 6.13. The Morgan fingerprint density at radius 2 is 1.88 bits per heavy atom. The van der Waals surface area contributed by atoms with Crippen molar-refractivity contribution in [3.8, 4) is 0 Å². The first-order valence-electron chi connectivity index (χ1n) is 8.84. The molecule has 2 saturated heterocycles. The Morgan fingerprint density at radius 3 is 2.46 bits per heavy atom. The van der Waals surface area contributed by atoms with Crippen molar-refractivity contribution in [3.05, 3.63) is 33.8 Å². The number of nitrogens with two attached hydrogens (primary N) is 1. The molecular formula is C19H27ClN2O2. The van der Waals surface area contributed by atoms with Gasteiger partial charge in [0.15, 0.2) is 0 Å². The zero-order chi connectivity index (χ0) is 17.3. The van der Waals surface area contributed by atoms with E-state index < -0.39 is 0 Å². The second kappa shape index (κ2) is 7.42. The van der Waals surface area contributed by atoms with Crippen molar-refractivity contribution in [2.45, 2.75) is 45.8 Å². The Morgan fingerprint density at radius 1 is 1.25 bits per heavy atom. The summed E-state index contributed by atoms with van der Waals surface area (Å²) < 4.78 is 5.84. The van der Waals surface area contributed by atoms with Crippen LogP contribution in [-0.4, -0.2) is 36.6 Å². The fourth-order valence-corrected chi connectivity index (χ4v) is 4.56. The summed E-state index contributed by atoms with van der Waals surface area (Å²) in [5.41, 5.74) is 9.43. The lowest BCUT2D eigenvalue weighted by Gasteiger charge is -2.36. The third-order valence-electron chi connectivity index (χ3n) is 5.64. The molecule has 0 radical (unpaired) electrons. The number of carbonyl (C=O) groups excluding carboxylic acids is 1. The van der Waals surface area contributed by atoms with Crippen LogP contribution >= 0.6 is 11.6 Å². The van der Waals surface area contributed by atoms with Crippen molar-refractivity contribution < 1.29 is 9.53 Å². The van der Waals surface area contributed by atoms with Gasteiger partial charge in [0.1, 0.15) is 0 Å². The predicted molar refractivity (Wildman–Crippen MR) is 96.0 cm³/mol. The van der Waals surface area contributed by atoms with Gasteiger partial charge in [0.05, 0.1) is 12.0 Å². The van der Waals surface area contributed by atoms with Gasteiger partial charge in [-0.25, -0.2) is 0 Å². The number of hydrogen-bond donors (Lipinski definition) is 1. The van der Waals surface area contributed by atoms with E-state index in [4.69, 9.17) is 22.1 Å². The molecule has 1 aromatic carbocycles. The molecule has 0 spiro atoms. The van der Waals surface area contributed by atoms with Gasteiger partial charge >= 0.3 is 0 Å². The normalized spacial score (nSPS) is 26.0. The Kier molecular flexibility index (Phi) is 5.48. The van der Waals surface area contributed by atoms with E-state index in [1.165, 1.54) is 16.7 Å². The van der Waals surface area contributed by atoms with Crippen molar-refractivity contribution in [1.29, 1.82) is 0 Å². The molecule has 24 heavy (non-hydrogen) atoms. The standard InChI is InChI=1S/C19H27ClN2O2/c1-12-9-15(20)10-13(2)17(12)11-22-6-3-14(4-7-22)18-16(19(21)23)5-8-24-18/h9-10,14,16,18H,3-8,11H2,1-2H3,(H2,21,23)/t16-,18+/m0/s1. The molecule has 2 aliphatic heterocycles. The quantitative estimate of drug-likeness (QED) is 0.908. The maximum Gasteiger partial charge on any atom is 0.223 e. The van der Waals surface area contributed by atoms with E-state index >= 15 is 0 Å². The van der Waals surface area contributed by atoms with Crippen LogP contribution in [0.1, 0.15) is 36.0 Å². The summed E-state index contributed by atoms with van der Waals surface area (Å²) in [6, 6.07) is 4.08. The maximum atomic E-state index is 11.6. The van der Waals surface area contributed by atoms with E-state index in [9.17, 15) is 4.79 Å². The number of amides is 1. The highest BCUT2D eigenvalue weighted by Gasteiger charge is 2.39. The van der Waals surface area contributed by atoms with E-state index in [-0.39, 0.29) is 17.9 Å². The molecule has 1 aromatic rings. The Bertz CT molecular complexity index is 588. The summed E-state index contributed by atoms with van der Waals surface area (Å²) in [5, 5.41) is 0.809.